The lowest BCUT2D eigenvalue weighted by Gasteiger charge is -1.95. The van der Waals surface area contributed by atoms with E-state index < -0.39 is 0 Å². The number of rotatable bonds is 0. The van der Waals surface area contributed by atoms with E-state index in [1.54, 1.807) is 0 Å². The lowest BCUT2D eigenvalue weighted by atomic mass is 10.2. The van der Waals surface area contributed by atoms with Crippen LogP contribution in [0.5, 0.6) is 0 Å². The first-order valence-corrected chi connectivity index (χ1v) is 4.59. The van der Waals surface area contributed by atoms with Crippen LogP contribution in [0.1, 0.15) is 6.92 Å². The summed E-state index contributed by atoms with van der Waals surface area (Å²) in [7, 11) is 0. The second-order valence-electron chi connectivity index (χ2n) is 3.92. The molecule has 1 saturated carbocycles. The SMILES string of the molecule is CC1C2C=c3ccc(=O)oc3=CC12. The van der Waals surface area contributed by atoms with Gasteiger partial charge in [-0.1, -0.05) is 13.0 Å². The minimum Gasteiger partial charge on any atom is -0.423 e. The fourth-order valence-electron chi connectivity index (χ4n) is 2.14. The van der Waals surface area contributed by atoms with E-state index in [1.165, 1.54) is 6.07 Å². The molecule has 0 N–H and O–H groups in total. The van der Waals surface area contributed by atoms with Crippen molar-refractivity contribution in [1.82, 2.24) is 0 Å². The van der Waals surface area contributed by atoms with E-state index in [4.69, 9.17) is 4.42 Å². The van der Waals surface area contributed by atoms with Crippen molar-refractivity contribution in [2.24, 2.45) is 17.8 Å². The lowest BCUT2D eigenvalue weighted by molar-refractivity contribution is 0.470. The van der Waals surface area contributed by atoms with Crippen molar-refractivity contribution in [2.75, 3.05) is 0 Å². The largest absolute Gasteiger partial charge is 0.423 e. The van der Waals surface area contributed by atoms with Gasteiger partial charge >= 0.3 is 5.63 Å². The van der Waals surface area contributed by atoms with E-state index in [1.807, 2.05) is 6.07 Å². The molecule has 1 aromatic rings. The van der Waals surface area contributed by atoms with Crippen LogP contribution >= 0.6 is 0 Å². The number of fused-ring (bicyclic) bond motifs is 2. The van der Waals surface area contributed by atoms with Gasteiger partial charge < -0.3 is 4.42 Å². The topological polar surface area (TPSA) is 30.2 Å². The minimum atomic E-state index is -0.254. The normalized spacial score (nSPS) is 33.8. The molecule has 0 bridgehead atoms. The van der Waals surface area contributed by atoms with Crippen LogP contribution in [0, 0.1) is 17.8 Å². The standard InChI is InChI=1S/C11H10O2/c1-6-8-4-7-2-3-11(12)13-10(7)5-9(6)8/h2-6,8-9H,1H3. The van der Waals surface area contributed by atoms with Gasteiger partial charge in [0.05, 0.1) is 0 Å². The highest BCUT2D eigenvalue weighted by Crippen LogP contribution is 2.48. The summed E-state index contributed by atoms with van der Waals surface area (Å²) in [5.74, 6) is 2.01. The van der Waals surface area contributed by atoms with Crippen LogP contribution in [0.15, 0.2) is 21.3 Å². The van der Waals surface area contributed by atoms with Crippen LogP contribution in [0.3, 0.4) is 0 Å². The summed E-state index contributed by atoms with van der Waals surface area (Å²) in [4.78, 5) is 10.9. The van der Waals surface area contributed by atoms with Gasteiger partial charge in [-0.3, -0.25) is 0 Å². The molecule has 0 radical (unpaired) electrons. The Morgan fingerprint density at radius 3 is 2.85 bits per heavy atom. The molecule has 0 aliphatic heterocycles. The van der Waals surface area contributed by atoms with Crippen molar-refractivity contribution in [3.63, 3.8) is 0 Å². The molecule has 0 amide bonds. The molecule has 2 aliphatic carbocycles. The first-order valence-electron chi connectivity index (χ1n) is 4.59. The molecule has 0 saturated heterocycles. The predicted octanol–water partition coefficient (Wildman–Crippen LogP) is 0.0965. The summed E-state index contributed by atoms with van der Waals surface area (Å²) >= 11 is 0. The summed E-state index contributed by atoms with van der Waals surface area (Å²) in [6.45, 7) is 2.23. The molecule has 3 unspecified atom stereocenters. The first kappa shape index (κ1) is 7.13. The zero-order valence-electron chi connectivity index (χ0n) is 7.36. The van der Waals surface area contributed by atoms with Crippen LogP contribution < -0.4 is 16.3 Å². The third kappa shape index (κ3) is 0.916. The van der Waals surface area contributed by atoms with Gasteiger partial charge in [0, 0.05) is 11.3 Å². The average Bonchev–Trinajstić information content (AvgIpc) is 2.73. The fourth-order valence-corrected chi connectivity index (χ4v) is 2.14. The fraction of sp³-hybridized carbons (Fsp3) is 0.364. The monoisotopic (exact) mass is 174 g/mol. The third-order valence-electron chi connectivity index (χ3n) is 3.13. The van der Waals surface area contributed by atoms with E-state index in [2.05, 4.69) is 19.1 Å². The highest BCUT2D eigenvalue weighted by atomic mass is 16.4. The Morgan fingerprint density at radius 2 is 2.00 bits per heavy atom. The van der Waals surface area contributed by atoms with Crippen molar-refractivity contribution >= 4 is 12.2 Å². The van der Waals surface area contributed by atoms with Crippen molar-refractivity contribution in [1.29, 1.82) is 0 Å². The second kappa shape index (κ2) is 2.13. The van der Waals surface area contributed by atoms with E-state index in [-0.39, 0.29) is 5.63 Å². The molecule has 1 fully saturated rings. The van der Waals surface area contributed by atoms with Crippen LogP contribution in [0.2, 0.25) is 0 Å². The molecule has 66 valence electrons. The Balaban J connectivity index is 2.34. The van der Waals surface area contributed by atoms with Crippen molar-refractivity contribution in [2.45, 2.75) is 6.92 Å². The van der Waals surface area contributed by atoms with Crippen molar-refractivity contribution < 1.29 is 4.42 Å². The molecule has 2 heteroatoms. The predicted molar refractivity (Wildman–Crippen MR) is 49.3 cm³/mol. The molecule has 1 aromatic heterocycles. The third-order valence-corrected chi connectivity index (χ3v) is 3.13. The maximum Gasteiger partial charge on any atom is 0.336 e. The van der Waals surface area contributed by atoms with Crippen LogP contribution in [-0.4, -0.2) is 0 Å². The van der Waals surface area contributed by atoms with Gasteiger partial charge in [-0.2, -0.15) is 0 Å². The Hall–Kier alpha value is -1.31. The molecule has 13 heavy (non-hydrogen) atoms. The smallest absolute Gasteiger partial charge is 0.336 e. The molecular weight excluding hydrogens is 164 g/mol. The summed E-state index contributed by atoms with van der Waals surface area (Å²) in [5, 5.41) is 1.07. The lowest BCUT2D eigenvalue weighted by Crippen LogP contribution is -2.30. The maximum absolute atomic E-state index is 10.9. The van der Waals surface area contributed by atoms with Crippen molar-refractivity contribution in [3.05, 3.63) is 33.2 Å². The van der Waals surface area contributed by atoms with Gasteiger partial charge in [0.2, 0.25) is 0 Å². The summed E-state index contributed by atoms with van der Waals surface area (Å²) in [6.07, 6.45) is 4.31. The Morgan fingerprint density at radius 1 is 1.23 bits per heavy atom. The van der Waals surface area contributed by atoms with Crippen LogP contribution in [0.25, 0.3) is 12.2 Å². The van der Waals surface area contributed by atoms with Crippen molar-refractivity contribution in [3.8, 4) is 0 Å². The van der Waals surface area contributed by atoms with E-state index >= 15 is 0 Å². The van der Waals surface area contributed by atoms with Gasteiger partial charge in [-0.15, -0.1) is 0 Å². The van der Waals surface area contributed by atoms with Gasteiger partial charge in [0.1, 0.15) is 5.42 Å². The molecule has 0 aromatic carbocycles. The molecule has 2 aliphatic rings. The number of hydrogen-bond acceptors (Lipinski definition) is 2. The van der Waals surface area contributed by atoms with E-state index in [0.29, 0.717) is 11.8 Å². The Bertz CT molecular complexity index is 524. The summed E-state index contributed by atoms with van der Waals surface area (Å²) < 4.78 is 5.10. The van der Waals surface area contributed by atoms with Crippen LogP contribution in [0.4, 0.5) is 0 Å². The Labute approximate surface area is 75.2 Å². The van der Waals surface area contributed by atoms with Gasteiger partial charge in [-0.05, 0) is 29.9 Å². The second-order valence-corrected chi connectivity index (χ2v) is 3.92. The van der Waals surface area contributed by atoms with Crippen LogP contribution in [-0.2, 0) is 0 Å². The maximum atomic E-state index is 10.9. The molecular formula is C11H10O2. The highest BCUT2D eigenvalue weighted by molar-refractivity contribution is 5.48. The molecule has 0 spiro atoms. The van der Waals surface area contributed by atoms with E-state index in [0.717, 1.165) is 16.6 Å². The zero-order chi connectivity index (χ0) is 9.00. The quantitative estimate of drug-likeness (QED) is 0.558. The molecule has 2 nitrogen and oxygen atoms in total. The zero-order valence-corrected chi connectivity index (χ0v) is 7.36. The molecule has 1 heterocycles. The number of hydrogen-bond donors (Lipinski definition) is 0. The molecule has 3 atom stereocenters. The first-order chi connectivity index (χ1) is 6.25. The van der Waals surface area contributed by atoms with Gasteiger partial charge in [-0.25, -0.2) is 4.79 Å². The average molecular weight is 174 g/mol. The molecule has 3 rings (SSSR count). The summed E-state index contributed by atoms with van der Waals surface area (Å²) in [6, 6.07) is 3.33. The Kier molecular flexibility index (Phi) is 1.17. The van der Waals surface area contributed by atoms with E-state index in [9.17, 15) is 4.79 Å². The van der Waals surface area contributed by atoms with Gasteiger partial charge in [0.15, 0.2) is 0 Å². The minimum absolute atomic E-state index is 0.254. The highest BCUT2D eigenvalue weighted by Gasteiger charge is 2.44. The summed E-state index contributed by atoms with van der Waals surface area (Å²) in [5.41, 5.74) is 0.508. The van der Waals surface area contributed by atoms with Gasteiger partial charge in [0.25, 0.3) is 0 Å².